The Morgan fingerprint density at radius 3 is 2.71 bits per heavy atom. The van der Waals surface area contributed by atoms with Crippen LogP contribution in [0.1, 0.15) is 5.82 Å². The summed E-state index contributed by atoms with van der Waals surface area (Å²) in [5.74, 6) is 0.711. The van der Waals surface area contributed by atoms with Gasteiger partial charge < -0.3 is 4.98 Å². The van der Waals surface area contributed by atoms with E-state index in [1.54, 1.807) is 12.4 Å². The summed E-state index contributed by atoms with van der Waals surface area (Å²) in [4.78, 5) is 15.8. The van der Waals surface area contributed by atoms with Gasteiger partial charge in [-0.2, -0.15) is 0 Å². The van der Waals surface area contributed by atoms with Crippen LogP contribution in [0, 0.1) is 6.92 Å². The minimum absolute atomic E-state index is 0.565. The van der Waals surface area contributed by atoms with Crippen LogP contribution in [0.15, 0.2) is 30.6 Å². The lowest BCUT2D eigenvalue weighted by Crippen LogP contribution is -1.92. The summed E-state index contributed by atoms with van der Waals surface area (Å²) in [6.45, 7) is 1.86. The average molecular weight is 245 g/mol. The Bertz CT molecular complexity index is 676. The molecule has 4 nitrogen and oxygen atoms in total. The van der Waals surface area contributed by atoms with Crippen LogP contribution in [0.25, 0.3) is 22.3 Å². The molecule has 0 amide bonds. The van der Waals surface area contributed by atoms with Gasteiger partial charge in [-0.25, -0.2) is 9.97 Å². The number of pyridine rings is 1. The van der Waals surface area contributed by atoms with Crippen LogP contribution in [0.2, 0.25) is 5.15 Å². The molecule has 0 bridgehead atoms. The van der Waals surface area contributed by atoms with Crippen LogP contribution in [-0.2, 0) is 0 Å². The van der Waals surface area contributed by atoms with Crippen LogP contribution in [-0.4, -0.2) is 19.9 Å². The van der Waals surface area contributed by atoms with Crippen molar-refractivity contribution in [3.05, 3.63) is 41.6 Å². The third-order valence-electron chi connectivity index (χ3n) is 2.52. The molecule has 1 N–H and O–H groups in total. The van der Waals surface area contributed by atoms with Gasteiger partial charge in [0.25, 0.3) is 0 Å². The highest BCUT2D eigenvalue weighted by Crippen LogP contribution is 2.27. The number of nitrogens with one attached hydrogen (secondary N) is 1. The Hall–Kier alpha value is -1.94. The molecule has 0 aliphatic carbocycles. The molecular formula is C12H9ClN4. The molecule has 0 radical (unpaired) electrons. The van der Waals surface area contributed by atoms with Gasteiger partial charge >= 0.3 is 0 Å². The number of aromatic amines is 1. The van der Waals surface area contributed by atoms with Crippen LogP contribution in [0.4, 0.5) is 0 Å². The summed E-state index contributed by atoms with van der Waals surface area (Å²) in [5, 5.41) is 1.49. The Morgan fingerprint density at radius 1 is 1.18 bits per heavy atom. The van der Waals surface area contributed by atoms with E-state index in [4.69, 9.17) is 11.6 Å². The van der Waals surface area contributed by atoms with Crippen molar-refractivity contribution in [1.82, 2.24) is 19.9 Å². The third kappa shape index (κ3) is 1.76. The highest BCUT2D eigenvalue weighted by Gasteiger charge is 2.10. The minimum Gasteiger partial charge on any atom is -0.330 e. The molecule has 0 saturated heterocycles. The number of H-pyrrole nitrogens is 1. The summed E-state index contributed by atoms with van der Waals surface area (Å²) in [6, 6.07) is 5.68. The number of halogens is 1. The van der Waals surface area contributed by atoms with Crippen LogP contribution in [0.3, 0.4) is 0 Å². The fraction of sp³-hybridized carbons (Fsp3) is 0.0833. The van der Waals surface area contributed by atoms with E-state index in [9.17, 15) is 0 Å². The Balaban J connectivity index is 2.35. The molecule has 3 aromatic heterocycles. The van der Waals surface area contributed by atoms with E-state index in [1.165, 1.54) is 0 Å². The molecule has 3 heterocycles. The molecule has 0 aliphatic heterocycles. The molecule has 3 rings (SSSR count). The van der Waals surface area contributed by atoms with Gasteiger partial charge in [0, 0.05) is 23.3 Å². The zero-order chi connectivity index (χ0) is 11.8. The van der Waals surface area contributed by atoms with E-state index < -0.39 is 0 Å². The van der Waals surface area contributed by atoms with E-state index in [2.05, 4.69) is 19.9 Å². The first-order valence-corrected chi connectivity index (χ1v) is 5.55. The van der Waals surface area contributed by atoms with Crippen LogP contribution >= 0.6 is 11.6 Å². The van der Waals surface area contributed by atoms with Gasteiger partial charge in [-0.1, -0.05) is 11.6 Å². The summed E-state index contributed by atoms with van der Waals surface area (Å²) in [5.41, 5.74) is 2.64. The van der Waals surface area contributed by atoms with Crippen molar-refractivity contribution in [3.63, 3.8) is 0 Å². The second-order valence-electron chi connectivity index (χ2n) is 3.73. The van der Waals surface area contributed by atoms with Crippen molar-refractivity contribution in [1.29, 1.82) is 0 Å². The predicted octanol–water partition coefficient (Wildman–Crippen LogP) is 2.98. The first kappa shape index (κ1) is 10.2. The Morgan fingerprint density at radius 2 is 1.94 bits per heavy atom. The SMILES string of the molecule is Cc1nc(-c2ccncc2)c2cc(Cl)[nH]c2n1. The van der Waals surface area contributed by atoms with Gasteiger partial charge in [0.05, 0.1) is 5.69 Å². The van der Waals surface area contributed by atoms with Crippen molar-refractivity contribution in [2.24, 2.45) is 0 Å². The molecule has 5 heteroatoms. The monoisotopic (exact) mass is 244 g/mol. The van der Waals surface area contributed by atoms with Gasteiger partial charge in [-0.15, -0.1) is 0 Å². The lowest BCUT2D eigenvalue weighted by atomic mass is 10.1. The zero-order valence-electron chi connectivity index (χ0n) is 9.11. The fourth-order valence-electron chi connectivity index (χ4n) is 1.82. The van der Waals surface area contributed by atoms with Crippen LogP contribution in [0.5, 0.6) is 0 Å². The van der Waals surface area contributed by atoms with E-state index >= 15 is 0 Å². The van der Waals surface area contributed by atoms with E-state index in [1.807, 2.05) is 25.1 Å². The summed E-state index contributed by atoms with van der Waals surface area (Å²) in [6.07, 6.45) is 3.49. The second kappa shape index (κ2) is 3.82. The maximum absolute atomic E-state index is 5.96. The van der Waals surface area contributed by atoms with Gasteiger partial charge in [0.2, 0.25) is 0 Å². The molecule has 0 aliphatic rings. The number of hydrogen-bond donors (Lipinski definition) is 1. The molecule has 17 heavy (non-hydrogen) atoms. The largest absolute Gasteiger partial charge is 0.330 e. The smallest absolute Gasteiger partial charge is 0.142 e. The maximum Gasteiger partial charge on any atom is 0.142 e. The van der Waals surface area contributed by atoms with E-state index in [-0.39, 0.29) is 0 Å². The third-order valence-corrected chi connectivity index (χ3v) is 2.72. The number of aryl methyl sites for hydroxylation is 1. The molecule has 84 valence electrons. The molecule has 3 aromatic rings. The molecule has 0 spiro atoms. The first-order chi connectivity index (χ1) is 8.24. The lowest BCUT2D eigenvalue weighted by molar-refractivity contribution is 1.08. The Kier molecular flexibility index (Phi) is 2.30. The van der Waals surface area contributed by atoms with Crippen molar-refractivity contribution in [2.45, 2.75) is 6.92 Å². The number of aromatic nitrogens is 4. The van der Waals surface area contributed by atoms with Gasteiger partial charge in [-0.05, 0) is 25.1 Å². The highest BCUT2D eigenvalue weighted by atomic mass is 35.5. The van der Waals surface area contributed by atoms with Gasteiger partial charge in [0.1, 0.15) is 16.6 Å². The van der Waals surface area contributed by atoms with Gasteiger partial charge in [-0.3, -0.25) is 4.98 Å². The van der Waals surface area contributed by atoms with Crippen molar-refractivity contribution >= 4 is 22.6 Å². The topological polar surface area (TPSA) is 54.5 Å². The molecule has 0 unspecified atom stereocenters. The normalized spacial score (nSPS) is 10.9. The highest BCUT2D eigenvalue weighted by molar-refractivity contribution is 6.30. The van der Waals surface area contributed by atoms with Crippen molar-refractivity contribution in [2.75, 3.05) is 0 Å². The standard InChI is InChI=1S/C12H9ClN4/c1-7-15-11(8-2-4-14-5-3-8)9-6-10(13)17-12(9)16-7/h2-6H,1H3,(H,15,16,17). The Labute approximate surface area is 103 Å². The molecule has 0 saturated carbocycles. The molecule has 0 aromatic carbocycles. The van der Waals surface area contributed by atoms with Crippen molar-refractivity contribution < 1.29 is 0 Å². The summed E-state index contributed by atoms with van der Waals surface area (Å²) in [7, 11) is 0. The second-order valence-corrected chi connectivity index (χ2v) is 4.14. The first-order valence-electron chi connectivity index (χ1n) is 5.17. The van der Waals surface area contributed by atoms with Crippen molar-refractivity contribution in [3.8, 4) is 11.3 Å². The molecule has 0 fully saturated rings. The zero-order valence-corrected chi connectivity index (χ0v) is 9.86. The number of rotatable bonds is 1. The summed E-state index contributed by atoms with van der Waals surface area (Å²) < 4.78 is 0. The van der Waals surface area contributed by atoms with E-state index in [0.29, 0.717) is 11.0 Å². The summed E-state index contributed by atoms with van der Waals surface area (Å²) >= 11 is 5.96. The average Bonchev–Trinajstić information content (AvgIpc) is 2.69. The minimum atomic E-state index is 0.565. The number of nitrogens with zero attached hydrogens (tertiary/aromatic N) is 3. The number of fused-ring (bicyclic) bond motifs is 1. The fourth-order valence-corrected chi connectivity index (χ4v) is 2.02. The quantitative estimate of drug-likeness (QED) is 0.716. The molecule has 0 atom stereocenters. The van der Waals surface area contributed by atoms with E-state index in [0.717, 1.165) is 22.3 Å². The van der Waals surface area contributed by atoms with Crippen LogP contribution < -0.4 is 0 Å². The lowest BCUT2D eigenvalue weighted by Gasteiger charge is -2.03. The predicted molar refractivity (Wildman–Crippen MR) is 66.9 cm³/mol. The van der Waals surface area contributed by atoms with Gasteiger partial charge in [0.15, 0.2) is 0 Å². The molecular weight excluding hydrogens is 236 g/mol. The maximum atomic E-state index is 5.96. The number of hydrogen-bond acceptors (Lipinski definition) is 3.